The third kappa shape index (κ3) is 3.41. The minimum absolute atomic E-state index is 0.338. The molecular formula is C16H20N2. The van der Waals surface area contributed by atoms with Crippen LogP contribution in [0, 0.1) is 6.92 Å². The van der Waals surface area contributed by atoms with Crippen LogP contribution in [0.1, 0.15) is 29.9 Å². The zero-order chi connectivity index (χ0) is 12.8. The second kappa shape index (κ2) is 6.31. The van der Waals surface area contributed by atoms with Gasteiger partial charge in [-0.15, -0.1) is 0 Å². The van der Waals surface area contributed by atoms with Gasteiger partial charge < -0.3 is 5.32 Å². The van der Waals surface area contributed by atoms with E-state index in [0.717, 1.165) is 24.4 Å². The number of pyridine rings is 1. The summed E-state index contributed by atoms with van der Waals surface area (Å²) in [5.74, 6) is 0. The Morgan fingerprint density at radius 3 is 2.50 bits per heavy atom. The molecule has 18 heavy (non-hydrogen) atoms. The van der Waals surface area contributed by atoms with E-state index in [2.05, 4.69) is 59.7 Å². The molecule has 0 aliphatic rings. The molecule has 2 rings (SSSR count). The van der Waals surface area contributed by atoms with Crippen molar-refractivity contribution < 1.29 is 0 Å². The summed E-state index contributed by atoms with van der Waals surface area (Å²) < 4.78 is 0. The predicted octanol–water partition coefficient (Wildman–Crippen LogP) is 3.28. The highest BCUT2D eigenvalue weighted by Gasteiger charge is 2.11. The Kier molecular flexibility index (Phi) is 4.48. The van der Waals surface area contributed by atoms with Crippen molar-refractivity contribution in [2.45, 2.75) is 26.3 Å². The second-order valence-electron chi connectivity index (χ2n) is 4.50. The smallest absolute Gasteiger partial charge is 0.0425 e. The van der Waals surface area contributed by atoms with Crippen LogP contribution in [0.4, 0.5) is 0 Å². The van der Waals surface area contributed by atoms with Gasteiger partial charge in [-0.05, 0) is 31.2 Å². The van der Waals surface area contributed by atoms with Crippen LogP contribution in [0.25, 0.3) is 0 Å². The summed E-state index contributed by atoms with van der Waals surface area (Å²) in [5, 5.41) is 3.53. The molecule has 0 spiro atoms. The van der Waals surface area contributed by atoms with Crippen molar-refractivity contribution >= 4 is 0 Å². The van der Waals surface area contributed by atoms with Crippen LogP contribution >= 0.6 is 0 Å². The topological polar surface area (TPSA) is 24.9 Å². The fraction of sp³-hybridized carbons (Fsp3) is 0.312. The number of nitrogens with zero attached hydrogens (tertiary/aromatic N) is 1. The third-order valence-corrected chi connectivity index (χ3v) is 3.01. The first-order chi connectivity index (χ1) is 8.79. The number of hydrogen-bond donors (Lipinski definition) is 1. The lowest BCUT2D eigenvalue weighted by Gasteiger charge is -2.18. The molecule has 1 atom stereocenters. The first kappa shape index (κ1) is 12.8. The Morgan fingerprint density at radius 1 is 1.06 bits per heavy atom. The number of nitrogens with one attached hydrogen (secondary N) is 1. The van der Waals surface area contributed by atoms with Crippen molar-refractivity contribution in [1.82, 2.24) is 10.3 Å². The molecule has 0 aliphatic carbocycles. The van der Waals surface area contributed by atoms with E-state index in [1.807, 2.05) is 13.0 Å². The van der Waals surface area contributed by atoms with E-state index in [0.29, 0.717) is 6.04 Å². The molecule has 1 aromatic carbocycles. The van der Waals surface area contributed by atoms with Crippen LogP contribution in [0.15, 0.2) is 48.5 Å². The van der Waals surface area contributed by atoms with E-state index >= 15 is 0 Å². The Bertz CT molecular complexity index is 479. The highest BCUT2D eigenvalue weighted by atomic mass is 14.9. The molecule has 0 fully saturated rings. The zero-order valence-corrected chi connectivity index (χ0v) is 11.1. The summed E-state index contributed by atoms with van der Waals surface area (Å²) in [4.78, 5) is 4.58. The van der Waals surface area contributed by atoms with Gasteiger partial charge in [-0.1, -0.05) is 43.3 Å². The van der Waals surface area contributed by atoms with E-state index in [1.54, 1.807) is 0 Å². The Labute approximate surface area is 109 Å². The lowest BCUT2D eigenvalue weighted by atomic mass is 10.0. The maximum Gasteiger partial charge on any atom is 0.0425 e. The quantitative estimate of drug-likeness (QED) is 0.867. The molecule has 2 heteroatoms. The van der Waals surface area contributed by atoms with Crippen molar-refractivity contribution in [3.05, 3.63) is 65.5 Å². The number of hydrogen-bond acceptors (Lipinski definition) is 2. The van der Waals surface area contributed by atoms with E-state index in [-0.39, 0.29) is 0 Å². The van der Waals surface area contributed by atoms with Crippen molar-refractivity contribution in [2.24, 2.45) is 0 Å². The molecule has 0 saturated carbocycles. The minimum atomic E-state index is 0.338. The average molecular weight is 240 g/mol. The highest BCUT2D eigenvalue weighted by molar-refractivity contribution is 5.21. The summed E-state index contributed by atoms with van der Waals surface area (Å²) >= 11 is 0. The molecule has 1 unspecified atom stereocenters. The van der Waals surface area contributed by atoms with Crippen LogP contribution in [0.3, 0.4) is 0 Å². The van der Waals surface area contributed by atoms with Gasteiger partial charge in [0.25, 0.3) is 0 Å². The molecule has 1 heterocycles. The Balaban J connectivity index is 2.16. The first-order valence-corrected chi connectivity index (χ1v) is 6.50. The van der Waals surface area contributed by atoms with Crippen LogP contribution in [-0.2, 0) is 6.42 Å². The van der Waals surface area contributed by atoms with Crippen LogP contribution in [0.5, 0.6) is 0 Å². The monoisotopic (exact) mass is 240 g/mol. The van der Waals surface area contributed by atoms with Crippen molar-refractivity contribution in [3.8, 4) is 0 Å². The molecule has 2 nitrogen and oxygen atoms in total. The maximum absolute atomic E-state index is 4.58. The van der Waals surface area contributed by atoms with Gasteiger partial charge in [-0.2, -0.15) is 0 Å². The van der Waals surface area contributed by atoms with Crippen LogP contribution in [0.2, 0.25) is 0 Å². The molecule has 0 amide bonds. The number of aromatic nitrogens is 1. The Hall–Kier alpha value is -1.67. The van der Waals surface area contributed by atoms with E-state index in [4.69, 9.17) is 0 Å². The van der Waals surface area contributed by atoms with Gasteiger partial charge in [0.05, 0.1) is 0 Å². The summed E-state index contributed by atoms with van der Waals surface area (Å²) in [5.41, 5.74) is 3.54. The van der Waals surface area contributed by atoms with Gasteiger partial charge >= 0.3 is 0 Å². The molecule has 0 radical (unpaired) electrons. The largest absolute Gasteiger partial charge is 0.310 e. The standard InChI is InChI=1S/C16H20N2/c1-3-17-16(14-9-5-4-6-10-14)12-15-11-7-8-13(2)18-15/h4-11,16-17H,3,12H2,1-2H3. The fourth-order valence-corrected chi connectivity index (χ4v) is 2.16. The number of rotatable bonds is 5. The van der Waals surface area contributed by atoms with Gasteiger partial charge in [0.2, 0.25) is 0 Å². The Morgan fingerprint density at radius 2 is 1.83 bits per heavy atom. The molecule has 94 valence electrons. The SMILES string of the molecule is CCNC(Cc1cccc(C)n1)c1ccccc1. The zero-order valence-electron chi connectivity index (χ0n) is 11.1. The third-order valence-electron chi connectivity index (χ3n) is 3.01. The van der Waals surface area contributed by atoms with Gasteiger partial charge in [0.15, 0.2) is 0 Å². The molecule has 1 N–H and O–H groups in total. The molecule has 0 saturated heterocycles. The van der Waals surface area contributed by atoms with Gasteiger partial charge in [0.1, 0.15) is 0 Å². The predicted molar refractivity (Wildman–Crippen MR) is 75.5 cm³/mol. The van der Waals surface area contributed by atoms with Gasteiger partial charge in [-0.3, -0.25) is 4.98 Å². The van der Waals surface area contributed by atoms with Crippen LogP contribution in [-0.4, -0.2) is 11.5 Å². The normalized spacial score (nSPS) is 12.3. The summed E-state index contributed by atoms with van der Waals surface area (Å²) in [6.07, 6.45) is 0.930. The van der Waals surface area contributed by atoms with Crippen LogP contribution < -0.4 is 5.32 Å². The number of aryl methyl sites for hydroxylation is 1. The van der Waals surface area contributed by atoms with E-state index in [9.17, 15) is 0 Å². The van der Waals surface area contributed by atoms with Crippen molar-refractivity contribution in [3.63, 3.8) is 0 Å². The average Bonchev–Trinajstić information content (AvgIpc) is 2.39. The van der Waals surface area contributed by atoms with Gasteiger partial charge in [0, 0.05) is 23.9 Å². The number of benzene rings is 1. The van der Waals surface area contributed by atoms with Gasteiger partial charge in [-0.25, -0.2) is 0 Å². The highest BCUT2D eigenvalue weighted by Crippen LogP contribution is 2.17. The van der Waals surface area contributed by atoms with E-state index in [1.165, 1.54) is 5.56 Å². The second-order valence-corrected chi connectivity index (χ2v) is 4.50. The molecule has 1 aromatic heterocycles. The molecule has 0 aliphatic heterocycles. The van der Waals surface area contributed by atoms with Crippen molar-refractivity contribution in [2.75, 3.05) is 6.54 Å². The molecular weight excluding hydrogens is 220 g/mol. The first-order valence-electron chi connectivity index (χ1n) is 6.50. The lowest BCUT2D eigenvalue weighted by molar-refractivity contribution is 0.543. The van der Waals surface area contributed by atoms with E-state index < -0.39 is 0 Å². The number of likely N-dealkylation sites (N-methyl/N-ethyl adjacent to an activating group) is 1. The summed E-state index contributed by atoms with van der Waals surface area (Å²) in [7, 11) is 0. The minimum Gasteiger partial charge on any atom is -0.310 e. The molecule has 0 bridgehead atoms. The lowest BCUT2D eigenvalue weighted by Crippen LogP contribution is -2.23. The summed E-state index contributed by atoms with van der Waals surface area (Å²) in [6, 6.07) is 17.1. The maximum atomic E-state index is 4.58. The molecule has 2 aromatic rings. The van der Waals surface area contributed by atoms with Crippen molar-refractivity contribution in [1.29, 1.82) is 0 Å². The fourth-order valence-electron chi connectivity index (χ4n) is 2.16. The summed E-state index contributed by atoms with van der Waals surface area (Å²) in [6.45, 7) is 5.14.